The SMILES string of the molecule is CC(Br)CN(C)C(=O)C1CCCCS1(=O)=O. The summed E-state index contributed by atoms with van der Waals surface area (Å²) < 4.78 is 23.5. The summed E-state index contributed by atoms with van der Waals surface area (Å²) in [6.07, 6.45) is 1.99. The highest BCUT2D eigenvalue weighted by molar-refractivity contribution is 9.09. The second kappa shape index (κ2) is 5.49. The van der Waals surface area contributed by atoms with Gasteiger partial charge in [-0.2, -0.15) is 0 Å². The van der Waals surface area contributed by atoms with Crippen LogP contribution in [0.5, 0.6) is 0 Å². The van der Waals surface area contributed by atoms with Gasteiger partial charge in [-0.1, -0.05) is 29.3 Å². The summed E-state index contributed by atoms with van der Waals surface area (Å²) >= 11 is 3.35. The molecule has 0 spiro atoms. The molecule has 0 N–H and O–H groups in total. The van der Waals surface area contributed by atoms with Crippen LogP contribution >= 0.6 is 15.9 Å². The van der Waals surface area contributed by atoms with Crippen LogP contribution in [-0.2, 0) is 14.6 Å². The fourth-order valence-electron chi connectivity index (χ4n) is 1.95. The first-order chi connectivity index (χ1) is 7.34. The van der Waals surface area contributed by atoms with Gasteiger partial charge < -0.3 is 4.90 Å². The average molecular weight is 312 g/mol. The van der Waals surface area contributed by atoms with Crippen LogP contribution in [0, 0.1) is 0 Å². The Labute approximate surface area is 105 Å². The lowest BCUT2D eigenvalue weighted by atomic mass is 10.1. The molecule has 4 nitrogen and oxygen atoms in total. The number of rotatable bonds is 3. The third-order valence-corrected chi connectivity index (χ3v) is 5.21. The van der Waals surface area contributed by atoms with Gasteiger partial charge in [-0.25, -0.2) is 8.42 Å². The summed E-state index contributed by atoms with van der Waals surface area (Å²) in [5, 5.41) is -0.808. The molecule has 2 unspecified atom stereocenters. The summed E-state index contributed by atoms with van der Waals surface area (Å²) in [6.45, 7) is 2.46. The molecule has 1 amide bonds. The molecule has 0 aromatic carbocycles. The van der Waals surface area contributed by atoms with Crippen molar-refractivity contribution in [1.29, 1.82) is 0 Å². The number of nitrogens with zero attached hydrogens (tertiary/aromatic N) is 1. The quantitative estimate of drug-likeness (QED) is 0.736. The maximum absolute atomic E-state index is 12.0. The number of hydrogen-bond acceptors (Lipinski definition) is 3. The normalized spacial score (nSPS) is 26.1. The van der Waals surface area contributed by atoms with Crippen molar-refractivity contribution in [3.8, 4) is 0 Å². The monoisotopic (exact) mass is 311 g/mol. The molecule has 6 heteroatoms. The van der Waals surface area contributed by atoms with Crippen LogP contribution in [0.15, 0.2) is 0 Å². The van der Waals surface area contributed by atoms with Gasteiger partial charge in [0.05, 0.1) is 5.75 Å². The Morgan fingerprint density at radius 2 is 2.12 bits per heavy atom. The topological polar surface area (TPSA) is 54.5 Å². The van der Waals surface area contributed by atoms with Gasteiger partial charge in [0.1, 0.15) is 5.25 Å². The lowest BCUT2D eigenvalue weighted by molar-refractivity contribution is -0.129. The third kappa shape index (κ3) is 3.45. The van der Waals surface area contributed by atoms with Crippen molar-refractivity contribution in [3.05, 3.63) is 0 Å². The van der Waals surface area contributed by atoms with Crippen molar-refractivity contribution >= 4 is 31.7 Å². The van der Waals surface area contributed by atoms with Crippen LogP contribution in [0.1, 0.15) is 26.2 Å². The van der Waals surface area contributed by atoms with Gasteiger partial charge >= 0.3 is 0 Å². The minimum atomic E-state index is -3.21. The summed E-state index contributed by atoms with van der Waals surface area (Å²) in [6, 6.07) is 0. The fourth-order valence-corrected chi connectivity index (χ4v) is 4.28. The van der Waals surface area contributed by atoms with E-state index in [4.69, 9.17) is 0 Å². The van der Waals surface area contributed by atoms with Gasteiger partial charge in [-0.3, -0.25) is 4.79 Å². The van der Waals surface area contributed by atoms with E-state index in [0.29, 0.717) is 19.4 Å². The Balaban J connectivity index is 2.72. The predicted molar refractivity (Wildman–Crippen MR) is 67.5 cm³/mol. The van der Waals surface area contributed by atoms with E-state index < -0.39 is 15.1 Å². The molecule has 0 aromatic rings. The highest BCUT2D eigenvalue weighted by Gasteiger charge is 2.36. The standard InChI is InChI=1S/C10H18BrNO3S/c1-8(11)7-12(2)10(13)9-5-3-4-6-16(9,14)15/h8-9H,3-7H2,1-2H3. The summed E-state index contributed by atoms with van der Waals surface area (Å²) in [5.74, 6) is -0.104. The first-order valence-electron chi connectivity index (χ1n) is 5.45. The van der Waals surface area contributed by atoms with E-state index >= 15 is 0 Å². The second-order valence-electron chi connectivity index (χ2n) is 4.35. The smallest absolute Gasteiger partial charge is 0.240 e. The Kier molecular flexibility index (Phi) is 4.79. The van der Waals surface area contributed by atoms with E-state index in [1.54, 1.807) is 7.05 Å². The minimum Gasteiger partial charge on any atom is -0.344 e. The predicted octanol–water partition coefficient (Wildman–Crippen LogP) is 1.20. The number of halogens is 1. The highest BCUT2D eigenvalue weighted by Crippen LogP contribution is 2.21. The summed E-state index contributed by atoms with van der Waals surface area (Å²) in [4.78, 5) is 13.7. The summed E-state index contributed by atoms with van der Waals surface area (Å²) in [7, 11) is -1.55. The van der Waals surface area contributed by atoms with Gasteiger partial charge in [0.15, 0.2) is 9.84 Å². The van der Waals surface area contributed by atoms with Gasteiger partial charge in [0.2, 0.25) is 5.91 Å². The van der Waals surface area contributed by atoms with Gasteiger partial charge in [-0.15, -0.1) is 0 Å². The Morgan fingerprint density at radius 1 is 1.50 bits per heavy atom. The van der Waals surface area contributed by atoms with E-state index in [1.807, 2.05) is 6.92 Å². The van der Waals surface area contributed by atoms with Crippen LogP contribution in [0.25, 0.3) is 0 Å². The van der Waals surface area contributed by atoms with Crippen LogP contribution in [0.2, 0.25) is 0 Å². The molecule has 1 aliphatic heterocycles. The zero-order valence-corrected chi connectivity index (χ0v) is 12.1. The number of carbonyl (C=O) groups excluding carboxylic acids is 1. The number of hydrogen-bond donors (Lipinski definition) is 0. The van der Waals surface area contributed by atoms with E-state index in [2.05, 4.69) is 15.9 Å². The molecule has 0 aromatic heterocycles. The molecule has 1 rings (SSSR count). The molecule has 0 radical (unpaired) electrons. The Morgan fingerprint density at radius 3 is 2.62 bits per heavy atom. The number of carbonyl (C=O) groups is 1. The molecule has 2 atom stereocenters. The largest absolute Gasteiger partial charge is 0.344 e. The molecule has 94 valence electrons. The molecule has 1 saturated heterocycles. The zero-order chi connectivity index (χ0) is 12.3. The molecule has 0 saturated carbocycles. The average Bonchev–Trinajstić information content (AvgIpc) is 2.15. The first kappa shape index (κ1) is 14.0. The van der Waals surface area contributed by atoms with Gasteiger partial charge in [0.25, 0.3) is 0 Å². The fraction of sp³-hybridized carbons (Fsp3) is 0.900. The number of amides is 1. The Bertz CT molecular complexity index is 353. The molecular weight excluding hydrogens is 294 g/mol. The van der Waals surface area contributed by atoms with E-state index in [9.17, 15) is 13.2 Å². The van der Waals surface area contributed by atoms with Crippen molar-refractivity contribution in [2.75, 3.05) is 19.3 Å². The molecular formula is C10H18BrNO3S. The van der Waals surface area contributed by atoms with Gasteiger partial charge in [-0.05, 0) is 12.8 Å². The van der Waals surface area contributed by atoms with Crippen molar-refractivity contribution in [3.63, 3.8) is 0 Å². The maximum Gasteiger partial charge on any atom is 0.240 e. The van der Waals surface area contributed by atoms with Crippen LogP contribution in [0.3, 0.4) is 0 Å². The second-order valence-corrected chi connectivity index (χ2v) is 8.22. The molecule has 1 aliphatic rings. The molecule has 0 aliphatic carbocycles. The number of alkyl halides is 1. The highest BCUT2D eigenvalue weighted by atomic mass is 79.9. The zero-order valence-electron chi connectivity index (χ0n) is 9.65. The lowest BCUT2D eigenvalue weighted by Gasteiger charge is -2.27. The Hall–Kier alpha value is -0.100. The van der Waals surface area contributed by atoms with Crippen LogP contribution in [0.4, 0.5) is 0 Å². The third-order valence-electron chi connectivity index (χ3n) is 2.76. The van der Waals surface area contributed by atoms with Gasteiger partial charge in [0, 0.05) is 18.4 Å². The number of sulfone groups is 1. The lowest BCUT2D eigenvalue weighted by Crippen LogP contribution is -2.45. The van der Waals surface area contributed by atoms with Crippen molar-refractivity contribution < 1.29 is 13.2 Å². The summed E-state index contributed by atoms with van der Waals surface area (Å²) in [5.41, 5.74) is 0. The van der Waals surface area contributed by atoms with Crippen molar-refractivity contribution in [2.24, 2.45) is 0 Å². The van der Waals surface area contributed by atoms with Crippen molar-refractivity contribution in [2.45, 2.75) is 36.3 Å². The van der Waals surface area contributed by atoms with Crippen LogP contribution < -0.4 is 0 Å². The molecule has 1 fully saturated rings. The van der Waals surface area contributed by atoms with Crippen molar-refractivity contribution in [1.82, 2.24) is 4.90 Å². The van der Waals surface area contributed by atoms with Crippen LogP contribution in [-0.4, -0.2) is 48.6 Å². The first-order valence-corrected chi connectivity index (χ1v) is 8.08. The van der Waals surface area contributed by atoms with E-state index in [-0.39, 0.29) is 16.5 Å². The maximum atomic E-state index is 12.0. The van der Waals surface area contributed by atoms with E-state index in [1.165, 1.54) is 4.90 Å². The van der Waals surface area contributed by atoms with E-state index in [0.717, 1.165) is 6.42 Å². The minimum absolute atomic E-state index is 0.154. The molecule has 1 heterocycles. The molecule has 16 heavy (non-hydrogen) atoms. The molecule has 0 bridgehead atoms.